The Morgan fingerprint density at radius 1 is 1.35 bits per heavy atom. The summed E-state index contributed by atoms with van der Waals surface area (Å²) < 4.78 is 2.84. The predicted octanol–water partition coefficient (Wildman–Crippen LogP) is 1.62. The summed E-state index contributed by atoms with van der Waals surface area (Å²) >= 11 is 3.36. The Morgan fingerprint density at radius 3 is 3.00 bits per heavy atom. The van der Waals surface area contributed by atoms with E-state index in [4.69, 9.17) is 0 Å². The molecule has 2 aromatic rings. The monoisotopic (exact) mass is 295 g/mol. The number of aromatic nitrogens is 4. The van der Waals surface area contributed by atoms with E-state index >= 15 is 0 Å². The van der Waals surface area contributed by atoms with Crippen molar-refractivity contribution in [3.05, 3.63) is 40.9 Å². The van der Waals surface area contributed by atoms with Crippen LogP contribution < -0.4 is 5.32 Å². The molecule has 0 aliphatic carbocycles. The topological polar surface area (TPSA) is 55.6 Å². The van der Waals surface area contributed by atoms with E-state index in [1.807, 2.05) is 29.2 Å². The van der Waals surface area contributed by atoms with Crippen molar-refractivity contribution >= 4 is 15.9 Å². The van der Waals surface area contributed by atoms with Gasteiger partial charge in [0.2, 0.25) is 0 Å². The van der Waals surface area contributed by atoms with Gasteiger partial charge in [-0.15, -0.1) is 5.10 Å². The highest BCUT2D eigenvalue weighted by molar-refractivity contribution is 9.10. The van der Waals surface area contributed by atoms with Crippen LogP contribution in [0.2, 0.25) is 0 Å². The molecular weight excluding hydrogens is 282 g/mol. The molecule has 0 atom stereocenters. The molecule has 90 valence electrons. The summed E-state index contributed by atoms with van der Waals surface area (Å²) in [6, 6.07) is 4.01. The summed E-state index contributed by atoms with van der Waals surface area (Å²) in [5, 5.41) is 11.0. The average molecular weight is 296 g/mol. The molecule has 0 unspecified atom stereocenters. The molecule has 0 aliphatic rings. The summed E-state index contributed by atoms with van der Waals surface area (Å²) in [7, 11) is 0. The van der Waals surface area contributed by atoms with Crippen molar-refractivity contribution < 1.29 is 0 Å². The highest BCUT2D eigenvalue weighted by atomic mass is 79.9. The Kier molecular flexibility index (Phi) is 4.63. The number of halogens is 1. The van der Waals surface area contributed by atoms with E-state index in [1.54, 1.807) is 6.20 Å². The van der Waals surface area contributed by atoms with Gasteiger partial charge in [-0.3, -0.25) is 9.67 Å². The van der Waals surface area contributed by atoms with Gasteiger partial charge in [-0.1, -0.05) is 5.21 Å². The summed E-state index contributed by atoms with van der Waals surface area (Å²) in [5.41, 5.74) is 1.05. The third-order valence-electron chi connectivity index (χ3n) is 2.31. The van der Waals surface area contributed by atoms with E-state index in [9.17, 15) is 0 Å². The van der Waals surface area contributed by atoms with Crippen LogP contribution in [0.15, 0.2) is 35.2 Å². The van der Waals surface area contributed by atoms with Crippen LogP contribution in [0, 0.1) is 0 Å². The minimum Gasteiger partial charge on any atom is -0.311 e. The predicted molar refractivity (Wildman–Crippen MR) is 68.3 cm³/mol. The van der Waals surface area contributed by atoms with Gasteiger partial charge >= 0.3 is 0 Å². The molecule has 0 radical (unpaired) electrons. The molecule has 2 aromatic heterocycles. The molecule has 0 amide bonds. The van der Waals surface area contributed by atoms with E-state index < -0.39 is 0 Å². The fourth-order valence-electron chi connectivity index (χ4n) is 1.45. The highest BCUT2D eigenvalue weighted by Crippen LogP contribution is 2.06. The van der Waals surface area contributed by atoms with Gasteiger partial charge in [-0.25, -0.2) is 0 Å². The van der Waals surface area contributed by atoms with Crippen molar-refractivity contribution in [2.24, 2.45) is 0 Å². The summed E-state index contributed by atoms with van der Waals surface area (Å²) in [6.45, 7) is 2.63. The first-order valence-electron chi connectivity index (χ1n) is 5.50. The molecule has 0 bridgehead atoms. The Labute approximate surface area is 108 Å². The second-order valence-electron chi connectivity index (χ2n) is 3.66. The Balaban J connectivity index is 1.61. The maximum Gasteiger partial charge on any atom is 0.0692 e. The standard InChI is InChI=1S/C11H14BrN5/c12-10-2-3-11(14-8-10)9-13-4-1-6-17-7-5-15-16-17/h2-3,5,7-8,13H,1,4,6,9H2. The maximum atomic E-state index is 4.29. The largest absolute Gasteiger partial charge is 0.311 e. The summed E-state index contributed by atoms with van der Waals surface area (Å²) in [4.78, 5) is 4.29. The number of nitrogens with zero attached hydrogens (tertiary/aromatic N) is 4. The Hall–Kier alpha value is -1.27. The van der Waals surface area contributed by atoms with E-state index in [-0.39, 0.29) is 0 Å². The second kappa shape index (κ2) is 6.46. The average Bonchev–Trinajstić information content (AvgIpc) is 2.84. The molecule has 0 saturated carbocycles. The van der Waals surface area contributed by atoms with Gasteiger partial charge < -0.3 is 5.32 Å². The molecule has 0 aliphatic heterocycles. The van der Waals surface area contributed by atoms with Crippen LogP contribution in [-0.2, 0) is 13.1 Å². The van der Waals surface area contributed by atoms with Gasteiger partial charge in [0.1, 0.15) is 0 Å². The number of hydrogen-bond acceptors (Lipinski definition) is 4. The van der Waals surface area contributed by atoms with Crippen molar-refractivity contribution in [3.63, 3.8) is 0 Å². The first kappa shape index (κ1) is 12.2. The number of rotatable bonds is 6. The van der Waals surface area contributed by atoms with Crippen LogP contribution in [0.3, 0.4) is 0 Å². The number of hydrogen-bond donors (Lipinski definition) is 1. The summed E-state index contributed by atoms with van der Waals surface area (Å²) in [5.74, 6) is 0. The lowest BCUT2D eigenvalue weighted by Crippen LogP contribution is -2.17. The molecule has 0 aromatic carbocycles. The van der Waals surface area contributed by atoms with Gasteiger partial charge in [0, 0.05) is 30.0 Å². The Morgan fingerprint density at radius 2 is 2.29 bits per heavy atom. The summed E-state index contributed by atoms with van der Waals surface area (Å²) in [6.07, 6.45) is 6.40. The van der Waals surface area contributed by atoms with Gasteiger partial charge in [-0.05, 0) is 41.0 Å². The number of pyridine rings is 1. The fourth-order valence-corrected chi connectivity index (χ4v) is 1.68. The molecule has 0 spiro atoms. The normalized spacial score (nSPS) is 10.6. The van der Waals surface area contributed by atoms with Crippen LogP contribution >= 0.6 is 15.9 Å². The third-order valence-corrected chi connectivity index (χ3v) is 2.78. The molecule has 17 heavy (non-hydrogen) atoms. The molecule has 2 rings (SSSR count). The van der Waals surface area contributed by atoms with Crippen molar-refractivity contribution in [2.45, 2.75) is 19.5 Å². The number of nitrogens with one attached hydrogen (secondary N) is 1. The van der Waals surface area contributed by atoms with Crippen molar-refractivity contribution in [1.82, 2.24) is 25.3 Å². The first-order valence-corrected chi connectivity index (χ1v) is 6.29. The van der Waals surface area contributed by atoms with Gasteiger partial charge in [0.05, 0.1) is 11.9 Å². The van der Waals surface area contributed by atoms with Crippen LogP contribution in [0.5, 0.6) is 0 Å². The van der Waals surface area contributed by atoms with E-state index in [0.717, 1.165) is 36.2 Å². The molecular formula is C11H14BrN5. The van der Waals surface area contributed by atoms with Gasteiger partial charge in [-0.2, -0.15) is 0 Å². The van der Waals surface area contributed by atoms with E-state index in [2.05, 4.69) is 36.5 Å². The molecule has 0 fully saturated rings. The lowest BCUT2D eigenvalue weighted by atomic mass is 10.3. The smallest absolute Gasteiger partial charge is 0.0692 e. The fraction of sp³-hybridized carbons (Fsp3) is 0.364. The zero-order chi connectivity index (χ0) is 11.9. The maximum absolute atomic E-state index is 4.29. The lowest BCUT2D eigenvalue weighted by Gasteiger charge is -2.04. The zero-order valence-electron chi connectivity index (χ0n) is 9.38. The van der Waals surface area contributed by atoms with E-state index in [1.165, 1.54) is 0 Å². The quantitative estimate of drug-likeness (QED) is 0.823. The minimum absolute atomic E-state index is 0.796. The number of aryl methyl sites for hydroxylation is 1. The van der Waals surface area contributed by atoms with Crippen LogP contribution in [0.1, 0.15) is 12.1 Å². The SMILES string of the molecule is Brc1ccc(CNCCCn2ccnn2)nc1. The van der Waals surface area contributed by atoms with E-state index in [0.29, 0.717) is 0 Å². The van der Waals surface area contributed by atoms with Gasteiger partial charge in [0.15, 0.2) is 0 Å². The third kappa shape index (κ3) is 4.24. The molecule has 2 heterocycles. The zero-order valence-corrected chi connectivity index (χ0v) is 11.0. The molecule has 0 saturated heterocycles. The van der Waals surface area contributed by atoms with Crippen molar-refractivity contribution in [1.29, 1.82) is 0 Å². The van der Waals surface area contributed by atoms with Gasteiger partial charge in [0.25, 0.3) is 0 Å². The molecule has 5 nitrogen and oxygen atoms in total. The lowest BCUT2D eigenvalue weighted by molar-refractivity contribution is 0.528. The van der Waals surface area contributed by atoms with Crippen LogP contribution in [-0.4, -0.2) is 26.5 Å². The molecule has 6 heteroatoms. The van der Waals surface area contributed by atoms with Crippen LogP contribution in [0.4, 0.5) is 0 Å². The van der Waals surface area contributed by atoms with Crippen LogP contribution in [0.25, 0.3) is 0 Å². The van der Waals surface area contributed by atoms with Crippen molar-refractivity contribution in [2.75, 3.05) is 6.54 Å². The Bertz CT molecular complexity index is 426. The molecule has 1 N–H and O–H groups in total. The first-order chi connectivity index (χ1) is 8.34. The second-order valence-corrected chi connectivity index (χ2v) is 4.58. The highest BCUT2D eigenvalue weighted by Gasteiger charge is 1.95. The van der Waals surface area contributed by atoms with Crippen molar-refractivity contribution in [3.8, 4) is 0 Å². The minimum atomic E-state index is 0.796.